The molecular weight excluding hydrogens is 360 g/mol. The number of hydrogen-bond donors (Lipinski definition) is 1. The van der Waals surface area contributed by atoms with Crippen LogP contribution in [0.1, 0.15) is 13.8 Å². The third-order valence-corrected chi connectivity index (χ3v) is 5.16. The minimum Gasteiger partial charge on any atom is -0.495 e. The summed E-state index contributed by atoms with van der Waals surface area (Å²) in [5.74, 6) is 1.32. The van der Waals surface area contributed by atoms with Crippen molar-refractivity contribution in [3.05, 3.63) is 54.6 Å². The summed E-state index contributed by atoms with van der Waals surface area (Å²) >= 11 is 1.39. The van der Waals surface area contributed by atoms with Gasteiger partial charge in [-0.1, -0.05) is 54.2 Å². The molecule has 0 radical (unpaired) electrons. The molecular formula is C20H22N4O2S. The Kier molecular flexibility index (Phi) is 6.13. The van der Waals surface area contributed by atoms with E-state index >= 15 is 0 Å². The number of methoxy groups -OCH3 is 1. The minimum atomic E-state index is -0.340. The van der Waals surface area contributed by atoms with Gasteiger partial charge >= 0.3 is 0 Å². The van der Waals surface area contributed by atoms with Crippen LogP contribution in [0.15, 0.2) is 59.8 Å². The molecule has 27 heavy (non-hydrogen) atoms. The maximum absolute atomic E-state index is 12.6. The molecule has 0 aliphatic carbocycles. The van der Waals surface area contributed by atoms with Crippen molar-refractivity contribution in [2.24, 2.45) is 0 Å². The first-order valence-corrected chi connectivity index (χ1v) is 9.61. The van der Waals surface area contributed by atoms with Crippen LogP contribution in [0.25, 0.3) is 11.4 Å². The Bertz CT molecular complexity index is 911. The number of anilines is 1. The molecule has 7 heteroatoms. The number of benzene rings is 2. The van der Waals surface area contributed by atoms with Gasteiger partial charge in [0.2, 0.25) is 5.91 Å². The summed E-state index contributed by atoms with van der Waals surface area (Å²) in [4.78, 5) is 12.6. The van der Waals surface area contributed by atoms with Gasteiger partial charge in [0.1, 0.15) is 5.75 Å². The molecule has 1 heterocycles. The lowest BCUT2D eigenvalue weighted by Crippen LogP contribution is -2.23. The summed E-state index contributed by atoms with van der Waals surface area (Å²) in [7, 11) is 1.58. The van der Waals surface area contributed by atoms with E-state index in [9.17, 15) is 4.79 Å². The number of para-hydroxylation sites is 2. The first kappa shape index (κ1) is 19.0. The van der Waals surface area contributed by atoms with Gasteiger partial charge in [-0.25, -0.2) is 0 Å². The SMILES string of the molecule is CCn1c(S[C@@H](C)C(=O)Nc2ccccc2OC)nnc1-c1ccccc1. The first-order valence-electron chi connectivity index (χ1n) is 8.73. The van der Waals surface area contributed by atoms with E-state index in [-0.39, 0.29) is 11.2 Å². The molecule has 0 unspecified atom stereocenters. The second-order valence-electron chi connectivity index (χ2n) is 5.87. The summed E-state index contributed by atoms with van der Waals surface area (Å²) in [6.07, 6.45) is 0. The van der Waals surface area contributed by atoms with Crippen molar-refractivity contribution < 1.29 is 9.53 Å². The van der Waals surface area contributed by atoms with Crippen molar-refractivity contribution in [2.45, 2.75) is 30.8 Å². The normalized spacial score (nSPS) is 11.8. The fraction of sp³-hybridized carbons (Fsp3) is 0.250. The third-order valence-electron chi connectivity index (χ3n) is 4.08. The van der Waals surface area contributed by atoms with E-state index < -0.39 is 0 Å². The first-order chi connectivity index (χ1) is 13.1. The predicted molar refractivity (Wildman–Crippen MR) is 108 cm³/mol. The van der Waals surface area contributed by atoms with Gasteiger partial charge in [0.25, 0.3) is 0 Å². The smallest absolute Gasteiger partial charge is 0.237 e. The van der Waals surface area contributed by atoms with Crippen LogP contribution in [-0.4, -0.2) is 33.0 Å². The van der Waals surface area contributed by atoms with Crippen molar-refractivity contribution in [1.82, 2.24) is 14.8 Å². The van der Waals surface area contributed by atoms with Gasteiger partial charge in [-0.2, -0.15) is 0 Å². The minimum absolute atomic E-state index is 0.114. The fourth-order valence-corrected chi connectivity index (χ4v) is 3.57. The van der Waals surface area contributed by atoms with Crippen molar-refractivity contribution in [1.29, 1.82) is 0 Å². The molecule has 6 nitrogen and oxygen atoms in total. The molecule has 1 aromatic heterocycles. The van der Waals surface area contributed by atoms with Gasteiger partial charge in [0.05, 0.1) is 18.0 Å². The molecule has 0 saturated carbocycles. The van der Waals surface area contributed by atoms with Gasteiger partial charge in [-0.3, -0.25) is 4.79 Å². The highest BCUT2D eigenvalue weighted by Gasteiger charge is 2.21. The molecule has 0 spiro atoms. The van der Waals surface area contributed by atoms with Crippen molar-refractivity contribution in [3.63, 3.8) is 0 Å². The number of carbonyl (C=O) groups excluding carboxylic acids is 1. The van der Waals surface area contributed by atoms with Crippen molar-refractivity contribution >= 4 is 23.4 Å². The summed E-state index contributed by atoms with van der Waals surface area (Å²) < 4.78 is 7.31. The summed E-state index contributed by atoms with van der Waals surface area (Å²) in [5.41, 5.74) is 1.66. The zero-order chi connectivity index (χ0) is 19.2. The number of nitrogens with one attached hydrogen (secondary N) is 1. The lowest BCUT2D eigenvalue weighted by atomic mass is 10.2. The van der Waals surface area contributed by atoms with E-state index in [2.05, 4.69) is 15.5 Å². The van der Waals surface area contributed by atoms with Crippen LogP contribution >= 0.6 is 11.8 Å². The zero-order valence-corrected chi connectivity index (χ0v) is 16.4. The molecule has 0 fully saturated rings. The van der Waals surface area contributed by atoms with E-state index in [0.29, 0.717) is 11.4 Å². The molecule has 0 bridgehead atoms. The Labute approximate surface area is 163 Å². The Balaban J connectivity index is 1.75. The number of carbonyl (C=O) groups is 1. The predicted octanol–water partition coefficient (Wildman–Crippen LogP) is 4.09. The number of aromatic nitrogens is 3. The highest BCUT2D eigenvalue weighted by Crippen LogP contribution is 2.28. The second-order valence-corrected chi connectivity index (χ2v) is 7.17. The number of nitrogens with zero attached hydrogens (tertiary/aromatic N) is 3. The molecule has 3 rings (SSSR count). The molecule has 1 amide bonds. The molecule has 0 saturated heterocycles. The van der Waals surface area contributed by atoms with Crippen LogP contribution < -0.4 is 10.1 Å². The average molecular weight is 382 g/mol. The van der Waals surface area contributed by atoms with Crippen LogP contribution in [0.3, 0.4) is 0 Å². The zero-order valence-electron chi connectivity index (χ0n) is 15.5. The van der Waals surface area contributed by atoms with Gasteiger partial charge in [-0.05, 0) is 26.0 Å². The van der Waals surface area contributed by atoms with Crippen LogP contribution in [0.5, 0.6) is 5.75 Å². The van der Waals surface area contributed by atoms with E-state index in [4.69, 9.17) is 4.74 Å². The molecule has 0 aliphatic rings. The van der Waals surface area contributed by atoms with Gasteiger partial charge in [-0.15, -0.1) is 10.2 Å². The number of rotatable bonds is 7. The largest absolute Gasteiger partial charge is 0.495 e. The maximum atomic E-state index is 12.6. The van der Waals surface area contributed by atoms with Crippen LogP contribution in [0.2, 0.25) is 0 Å². The third kappa shape index (κ3) is 4.31. The monoisotopic (exact) mass is 382 g/mol. The lowest BCUT2D eigenvalue weighted by Gasteiger charge is -2.14. The molecule has 3 aromatic rings. The van der Waals surface area contributed by atoms with E-state index in [0.717, 1.165) is 23.1 Å². The fourth-order valence-electron chi connectivity index (χ4n) is 2.66. The van der Waals surface area contributed by atoms with Crippen LogP contribution in [-0.2, 0) is 11.3 Å². The average Bonchev–Trinajstić information content (AvgIpc) is 3.11. The molecule has 2 aromatic carbocycles. The number of thioether (sulfide) groups is 1. The van der Waals surface area contributed by atoms with Crippen LogP contribution in [0.4, 0.5) is 5.69 Å². The molecule has 1 N–H and O–H groups in total. The van der Waals surface area contributed by atoms with Crippen molar-refractivity contribution in [2.75, 3.05) is 12.4 Å². The van der Waals surface area contributed by atoms with E-state index in [1.54, 1.807) is 7.11 Å². The summed E-state index contributed by atoms with van der Waals surface area (Å²) in [6.45, 7) is 4.62. The quantitative estimate of drug-likeness (QED) is 0.623. The Morgan fingerprint density at radius 2 is 1.85 bits per heavy atom. The molecule has 140 valence electrons. The van der Waals surface area contributed by atoms with Gasteiger partial charge in [0, 0.05) is 12.1 Å². The standard InChI is InChI=1S/C20H22N4O2S/c1-4-24-18(15-10-6-5-7-11-15)22-23-20(24)27-14(2)19(25)21-16-12-8-9-13-17(16)26-3/h5-14H,4H2,1-3H3,(H,21,25)/t14-/m0/s1. The summed E-state index contributed by atoms with van der Waals surface area (Å²) in [6, 6.07) is 17.3. The molecule has 1 atom stereocenters. The number of ether oxygens (including phenoxy) is 1. The Hall–Kier alpha value is -2.80. The highest BCUT2D eigenvalue weighted by atomic mass is 32.2. The van der Waals surface area contributed by atoms with Crippen molar-refractivity contribution in [3.8, 4) is 17.1 Å². The summed E-state index contributed by atoms with van der Waals surface area (Å²) in [5, 5.41) is 11.9. The van der Waals surface area contributed by atoms with Crippen LogP contribution in [0, 0.1) is 0 Å². The van der Waals surface area contributed by atoms with Gasteiger partial charge < -0.3 is 14.6 Å². The Morgan fingerprint density at radius 3 is 2.56 bits per heavy atom. The number of amides is 1. The Morgan fingerprint density at radius 1 is 1.15 bits per heavy atom. The topological polar surface area (TPSA) is 69.0 Å². The second kappa shape index (κ2) is 8.73. The van der Waals surface area contributed by atoms with E-state index in [1.165, 1.54) is 11.8 Å². The van der Waals surface area contributed by atoms with E-state index in [1.807, 2.05) is 73.0 Å². The number of hydrogen-bond acceptors (Lipinski definition) is 5. The van der Waals surface area contributed by atoms with Gasteiger partial charge in [0.15, 0.2) is 11.0 Å². The maximum Gasteiger partial charge on any atom is 0.237 e. The lowest BCUT2D eigenvalue weighted by molar-refractivity contribution is -0.115. The highest BCUT2D eigenvalue weighted by molar-refractivity contribution is 8.00. The molecule has 0 aliphatic heterocycles.